The Morgan fingerprint density at radius 2 is 1.95 bits per heavy atom. The summed E-state index contributed by atoms with van der Waals surface area (Å²) in [6.07, 6.45) is 1.93. The molecule has 0 spiro atoms. The van der Waals surface area contributed by atoms with E-state index < -0.39 is 0 Å². The van der Waals surface area contributed by atoms with E-state index in [9.17, 15) is 0 Å². The fourth-order valence-corrected chi connectivity index (χ4v) is 2.01. The highest BCUT2D eigenvalue weighted by atomic mass is 16.5. The van der Waals surface area contributed by atoms with Crippen LogP contribution in [0.15, 0.2) is 30.5 Å². The van der Waals surface area contributed by atoms with Crippen molar-refractivity contribution in [3.63, 3.8) is 0 Å². The molecule has 0 atom stereocenters. The Labute approximate surface area is 114 Å². The normalized spacial score (nSPS) is 10.5. The van der Waals surface area contributed by atoms with Crippen LogP contribution in [0.5, 0.6) is 5.75 Å². The van der Waals surface area contributed by atoms with Crippen LogP contribution in [-0.4, -0.2) is 16.4 Å². The zero-order valence-corrected chi connectivity index (χ0v) is 11.8. The van der Waals surface area contributed by atoms with Gasteiger partial charge in [-0.25, -0.2) is 0 Å². The van der Waals surface area contributed by atoms with E-state index in [2.05, 4.69) is 24.3 Å². The number of ether oxygens (including phenoxy) is 1. The van der Waals surface area contributed by atoms with E-state index in [4.69, 9.17) is 4.74 Å². The van der Waals surface area contributed by atoms with Gasteiger partial charge in [-0.2, -0.15) is 5.10 Å². The lowest BCUT2D eigenvalue weighted by Crippen LogP contribution is -2.03. The average molecular weight is 259 g/mol. The summed E-state index contributed by atoms with van der Waals surface area (Å²) in [6, 6.07) is 8.03. The SMILES string of the molecule is CCOc1ccc(NCc2cnn(CC)c2C)cc1. The van der Waals surface area contributed by atoms with Gasteiger partial charge in [-0.1, -0.05) is 0 Å². The molecule has 0 saturated carbocycles. The van der Waals surface area contributed by atoms with Gasteiger partial charge in [0.15, 0.2) is 0 Å². The number of anilines is 1. The predicted molar refractivity (Wildman–Crippen MR) is 77.6 cm³/mol. The van der Waals surface area contributed by atoms with Crippen molar-refractivity contribution < 1.29 is 4.74 Å². The zero-order valence-electron chi connectivity index (χ0n) is 11.8. The Balaban J connectivity index is 1.96. The van der Waals surface area contributed by atoms with Crippen LogP contribution in [0.4, 0.5) is 5.69 Å². The third-order valence-electron chi connectivity index (χ3n) is 3.15. The van der Waals surface area contributed by atoms with Gasteiger partial charge in [0, 0.05) is 30.0 Å². The molecule has 4 heteroatoms. The molecule has 0 radical (unpaired) electrons. The molecule has 1 N–H and O–H groups in total. The highest BCUT2D eigenvalue weighted by Gasteiger charge is 2.04. The first-order valence-electron chi connectivity index (χ1n) is 6.72. The van der Waals surface area contributed by atoms with Gasteiger partial charge in [-0.05, 0) is 45.0 Å². The molecule has 1 aromatic heterocycles. The van der Waals surface area contributed by atoms with E-state index in [-0.39, 0.29) is 0 Å². The number of aryl methyl sites for hydroxylation is 1. The number of benzene rings is 1. The third-order valence-corrected chi connectivity index (χ3v) is 3.15. The summed E-state index contributed by atoms with van der Waals surface area (Å²) in [4.78, 5) is 0. The standard InChI is InChI=1S/C15H21N3O/c1-4-18-12(3)13(11-17-18)10-16-14-6-8-15(9-7-14)19-5-2/h6-9,11,16H,4-5,10H2,1-3H3. The molecule has 0 unspecified atom stereocenters. The summed E-state index contributed by atoms with van der Waals surface area (Å²) < 4.78 is 7.43. The van der Waals surface area contributed by atoms with Gasteiger partial charge in [0.1, 0.15) is 5.75 Å². The average Bonchev–Trinajstić information content (AvgIpc) is 2.79. The maximum absolute atomic E-state index is 5.42. The number of nitrogens with zero attached hydrogens (tertiary/aromatic N) is 2. The summed E-state index contributed by atoms with van der Waals surface area (Å²) in [7, 11) is 0. The molecule has 0 aliphatic rings. The summed E-state index contributed by atoms with van der Waals surface area (Å²) in [5.41, 5.74) is 3.55. The topological polar surface area (TPSA) is 39.1 Å². The highest BCUT2D eigenvalue weighted by molar-refractivity contribution is 5.46. The van der Waals surface area contributed by atoms with E-state index in [0.717, 1.165) is 24.5 Å². The van der Waals surface area contributed by atoms with Crippen LogP contribution in [0.25, 0.3) is 0 Å². The van der Waals surface area contributed by atoms with Gasteiger partial charge in [0.2, 0.25) is 0 Å². The second-order valence-corrected chi connectivity index (χ2v) is 4.38. The van der Waals surface area contributed by atoms with Crippen molar-refractivity contribution in [3.05, 3.63) is 41.7 Å². The fraction of sp³-hybridized carbons (Fsp3) is 0.400. The van der Waals surface area contributed by atoms with Crippen molar-refractivity contribution in [2.75, 3.05) is 11.9 Å². The van der Waals surface area contributed by atoms with Crippen LogP contribution in [0.1, 0.15) is 25.1 Å². The Hall–Kier alpha value is -1.97. The molecule has 4 nitrogen and oxygen atoms in total. The van der Waals surface area contributed by atoms with Crippen LogP contribution < -0.4 is 10.1 Å². The van der Waals surface area contributed by atoms with E-state index in [0.29, 0.717) is 6.61 Å². The van der Waals surface area contributed by atoms with Crippen molar-refractivity contribution >= 4 is 5.69 Å². The minimum Gasteiger partial charge on any atom is -0.494 e. The molecular formula is C15H21N3O. The lowest BCUT2D eigenvalue weighted by Gasteiger charge is -2.08. The molecular weight excluding hydrogens is 238 g/mol. The maximum atomic E-state index is 5.42. The number of rotatable bonds is 6. The lowest BCUT2D eigenvalue weighted by atomic mass is 10.2. The van der Waals surface area contributed by atoms with Gasteiger partial charge in [0.25, 0.3) is 0 Å². The molecule has 0 saturated heterocycles. The lowest BCUT2D eigenvalue weighted by molar-refractivity contribution is 0.340. The minimum atomic E-state index is 0.697. The molecule has 0 aliphatic heterocycles. The summed E-state index contributed by atoms with van der Waals surface area (Å²) in [5.74, 6) is 0.906. The van der Waals surface area contributed by atoms with Crippen LogP contribution in [-0.2, 0) is 13.1 Å². The summed E-state index contributed by atoms with van der Waals surface area (Å²) in [6.45, 7) is 8.59. The second-order valence-electron chi connectivity index (χ2n) is 4.38. The Morgan fingerprint density at radius 3 is 2.53 bits per heavy atom. The first-order chi connectivity index (χ1) is 9.24. The van der Waals surface area contributed by atoms with Crippen molar-refractivity contribution in [2.45, 2.75) is 33.9 Å². The maximum Gasteiger partial charge on any atom is 0.119 e. The number of hydrogen-bond acceptors (Lipinski definition) is 3. The quantitative estimate of drug-likeness (QED) is 0.865. The molecule has 2 rings (SSSR count). The molecule has 0 bridgehead atoms. The molecule has 1 aromatic carbocycles. The Kier molecular flexibility index (Phi) is 4.44. The van der Waals surface area contributed by atoms with Crippen LogP contribution >= 0.6 is 0 Å². The van der Waals surface area contributed by atoms with Crippen molar-refractivity contribution in [1.29, 1.82) is 0 Å². The molecule has 0 amide bonds. The van der Waals surface area contributed by atoms with E-state index in [1.54, 1.807) is 0 Å². The smallest absolute Gasteiger partial charge is 0.119 e. The van der Waals surface area contributed by atoms with Gasteiger partial charge < -0.3 is 10.1 Å². The zero-order chi connectivity index (χ0) is 13.7. The van der Waals surface area contributed by atoms with E-state index in [1.165, 1.54) is 11.3 Å². The first kappa shape index (κ1) is 13.5. The predicted octanol–water partition coefficient (Wildman–Crippen LogP) is 3.22. The summed E-state index contributed by atoms with van der Waals surface area (Å²) in [5, 5.41) is 7.74. The van der Waals surface area contributed by atoms with Crippen LogP contribution in [0.2, 0.25) is 0 Å². The number of nitrogens with one attached hydrogen (secondary N) is 1. The Morgan fingerprint density at radius 1 is 1.21 bits per heavy atom. The van der Waals surface area contributed by atoms with Crippen molar-refractivity contribution in [3.8, 4) is 5.75 Å². The summed E-state index contributed by atoms with van der Waals surface area (Å²) >= 11 is 0. The van der Waals surface area contributed by atoms with Crippen molar-refractivity contribution in [1.82, 2.24) is 9.78 Å². The van der Waals surface area contributed by atoms with Gasteiger partial charge in [-0.15, -0.1) is 0 Å². The van der Waals surface area contributed by atoms with E-state index >= 15 is 0 Å². The van der Waals surface area contributed by atoms with E-state index in [1.807, 2.05) is 42.1 Å². The Bertz CT molecular complexity index is 517. The van der Waals surface area contributed by atoms with Gasteiger partial charge in [-0.3, -0.25) is 4.68 Å². The monoisotopic (exact) mass is 259 g/mol. The van der Waals surface area contributed by atoms with Gasteiger partial charge in [0.05, 0.1) is 12.8 Å². The molecule has 1 heterocycles. The number of hydrogen-bond donors (Lipinski definition) is 1. The molecule has 0 aliphatic carbocycles. The highest BCUT2D eigenvalue weighted by Crippen LogP contribution is 2.17. The molecule has 2 aromatic rings. The fourth-order valence-electron chi connectivity index (χ4n) is 2.01. The van der Waals surface area contributed by atoms with Crippen LogP contribution in [0, 0.1) is 6.92 Å². The van der Waals surface area contributed by atoms with Gasteiger partial charge >= 0.3 is 0 Å². The first-order valence-corrected chi connectivity index (χ1v) is 6.72. The minimum absolute atomic E-state index is 0.697. The molecule has 102 valence electrons. The third kappa shape index (κ3) is 3.28. The van der Waals surface area contributed by atoms with Crippen molar-refractivity contribution in [2.24, 2.45) is 0 Å². The number of aromatic nitrogens is 2. The molecule has 0 fully saturated rings. The molecule has 19 heavy (non-hydrogen) atoms. The van der Waals surface area contributed by atoms with Crippen LogP contribution in [0.3, 0.4) is 0 Å². The largest absolute Gasteiger partial charge is 0.494 e. The second kappa shape index (κ2) is 6.27.